The molecule has 0 amide bonds. The minimum Gasteiger partial charge on any atom is -0.377 e. The van der Waals surface area contributed by atoms with Crippen LogP contribution in [-0.4, -0.2) is 45.3 Å². The molecule has 0 unspecified atom stereocenters. The van der Waals surface area contributed by atoms with Crippen LogP contribution in [0.4, 0.5) is 5.95 Å². The number of nitrogens with zero attached hydrogens (tertiary/aromatic N) is 5. The van der Waals surface area contributed by atoms with Gasteiger partial charge < -0.3 is 9.64 Å². The van der Waals surface area contributed by atoms with Crippen molar-refractivity contribution in [2.45, 2.75) is 32.3 Å². The Morgan fingerprint density at radius 1 is 1.30 bits per heavy atom. The van der Waals surface area contributed by atoms with Crippen LogP contribution in [0.15, 0.2) is 12.3 Å². The number of methoxy groups -OCH3 is 1. The standard InChI is InChI=1S/C16H22N6O/c1-10-5-6-17-16(18-10)22-7-12(11-3-4-11)13(8-22)15-19-14(9-23-2)20-21-15/h5-6,11-13H,3-4,7-9H2,1-2H3,(H,19,20,21)/t12-,13+/m1/s1. The van der Waals surface area contributed by atoms with E-state index in [0.717, 1.165) is 42.3 Å². The van der Waals surface area contributed by atoms with Crippen molar-refractivity contribution >= 4 is 5.95 Å². The molecule has 0 spiro atoms. The van der Waals surface area contributed by atoms with Gasteiger partial charge >= 0.3 is 0 Å². The highest BCUT2D eigenvalue weighted by molar-refractivity contribution is 5.35. The summed E-state index contributed by atoms with van der Waals surface area (Å²) in [4.78, 5) is 15.9. The summed E-state index contributed by atoms with van der Waals surface area (Å²) >= 11 is 0. The molecule has 2 aromatic rings. The van der Waals surface area contributed by atoms with Crippen LogP contribution in [0.2, 0.25) is 0 Å². The lowest BCUT2D eigenvalue weighted by Crippen LogP contribution is -2.22. The van der Waals surface area contributed by atoms with Gasteiger partial charge in [-0.25, -0.2) is 15.0 Å². The molecule has 4 rings (SSSR count). The number of aromatic nitrogens is 5. The SMILES string of the molecule is COCc1nc([C@H]2CN(c3nccc(C)n3)C[C@@H]2C2CC2)n[nH]1. The molecule has 2 fully saturated rings. The molecule has 0 aromatic carbocycles. The molecule has 23 heavy (non-hydrogen) atoms. The minimum absolute atomic E-state index is 0.341. The van der Waals surface area contributed by atoms with E-state index in [2.05, 4.69) is 30.0 Å². The molecule has 0 radical (unpaired) electrons. The largest absolute Gasteiger partial charge is 0.377 e. The normalized spacial score (nSPS) is 24.3. The van der Waals surface area contributed by atoms with Gasteiger partial charge in [0.15, 0.2) is 11.6 Å². The molecule has 1 aliphatic carbocycles. The summed E-state index contributed by atoms with van der Waals surface area (Å²) in [6, 6.07) is 1.93. The van der Waals surface area contributed by atoms with E-state index in [1.54, 1.807) is 7.11 Å². The molecule has 1 saturated carbocycles. The predicted molar refractivity (Wildman–Crippen MR) is 85.0 cm³/mol. The molecule has 1 N–H and O–H groups in total. The van der Waals surface area contributed by atoms with Crippen LogP contribution in [0.25, 0.3) is 0 Å². The van der Waals surface area contributed by atoms with Gasteiger partial charge in [0.05, 0.1) is 0 Å². The van der Waals surface area contributed by atoms with Crippen molar-refractivity contribution in [1.29, 1.82) is 0 Å². The average molecular weight is 314 g/mol. The molecule has 2 aromatic heterocycles. The molecule has 7 heteroatoms. The molecule has 2 atom stereocenters. The van der Waals surface area contributed by atoms with Gasteiger partial charge in [0.1, 0.15) is 6.61 Å². The lowest BCUT2D eigenvalue weighted by molar-refractivity contribution is 0.178. The molecule has 7 nitrogen and oxygen atoms in total. The van der Waals surface area contributed by atoms with Crippen molar-refractivity contribution in [1.82, 2.24) is 25.1 Å². The smallest absolute Gasteiger partial charge is 0.225 e. The van der Waals surface area contributed by atoms with Crippen LogP contribution in [0, 0.1) is 18.8 Å². The van der Waals surface area contributed by atoms with Crippen molar-refractivity contribution in [2.75, 3.05) is 25.1 Å². The first-order valence-electron chi connectivity index (χ1n) is 8.19. The first kappa shape index (κ1) is 14.6. The van der Waals surface area contributed by atoms with Gasteiger partial charge in [0.2, 0.25) is 5.95 Å². The average Bonchev–Trinajstić information content (AvgIpc) is 3.12. The van der Waals surface area contributed by atoms with Crippen molar-refractivity contribution < 1.29 is 4.74 Å². The zero-order valence-corrected chi connectivity index (χ0v) is 13.6. The maximum Gasteiger partial charge on any atom is 0.225 e. The zero-order chi connectivity index (χ0) is 15.8. The lowest BCUT2D eigenvalue weighted by Gasteiger charge is -2.15. The number of ether oxygens (including phenoxy) is 1. The van der Waals surface area contributed by atoms with E-state index < -0.39 is 0 Å². The van der Waals surface area contributed by atoms with Crippen LogP contribution in [0.5, 0.6) is 0 Å². The van der Waals surface area contributed by atoms with Crippen molar-refractivity contribution in [3.05, 3.63) is 29.6 Å². The van der Waals surface area contributed by atoms with Crippen molar-refractivity contribution in [3.8, 4) is 0 Å². The fourth-order valence-electron chi connectivity index (χ4n) is 3.53. The second kappa shape index (κ2) is 5.88. The summed E-state index contributed by atoms with van der Waals surface area (Å²) in [6.45, 7) is 4.35. The molecule has 2 aliphatic rings. The van der Waals surface area contributed by atoms with E-state index in [0.29, 0.717) is 18.4 Å². The van der Waals surface area contributed by atoms with E-state index in [1.165, 1.54) is 12.8 Å². The Bertz CT molecular complexity index is 683. The molecule has 3 heterocycles. The maximum atomic E-state index is 5.13. The number of anilines is 1. The third-order valence-electron chi connectivity index (χ3n) is 4.82. The number of hydrogen-bond donors (Lipinski definition) is 1. The number of H-pyrrole nitrogens is 1. The molecule has 1 aliphatic heterocycles. The number of aromatic amines is 1. The molecule has 1 saturated heterocycles. The van der Waals surface area contributed by atoms with Crippen LogP contribution in [0.3, 0.4) is 0 Å². The van der Waals surface area contributed by atoms with E-state index >= 15 is 0 Å². The van der Waals surface area contributed by atoms with Crippen molar-refractivity contribution in [3.63, 3.8) is 0 Å². The fraction of sp³-hybridized carbons (Fsp3) is 0.625. The second-order valence-electron chi connectivity index (χ2n) is 6.58. The maximum absolute atomic E-state index is 5.13. The Balaban J connectivity index is 1.57. The highest BCUT2D eigenvalue weighted by Crippen LogP contribution is 2.47. The lowest BCUT2D eigenvalue weighted by atomic mass is 9.91. The zero-order valence-electron chi connectivity index (χ0n) is 13.6. The Hall–Kier alpha value is -2.02. The Morgan fingerprint density at radius 3 is 2.91 bits per heavy atom. The summed E-state index contributed by atoms with van der Waals surface area (Å²) in [6.07, 6.45) is 4.47. The van der Waals surface area contributed by atoms with E-state index in [-0.39, 0.29) is 0 Å². The molecule has 122 valence electrons. The monoisotopic (exact) mass is 314 g/mol. The van der Waals surface area contributed by atoms with Gasteiger partial charge in [-0.15, -0.1) is 0 Å². The highest BCUT2D eigenvalue weighted by Gasteiger charge is 2.45. The van der Waals surface area contributed by atoms with E-state index in [1.807, 2.05) is 19.2 Å². The topological polar surface area (TPSA) is 79.8 Å². The Labute approximate surface area is 135 Å². The third kappa shape index (κ3) is 2.93. The highest BCUT2D eigenvalue weighted by atomic mass is 16.5. The van der Waals surface area contributed by atoms with Crippen LogP contribution in [0.1, 0.15) is 36.1 Å². The van der Waals surface area contributed by atoms with E-state index in [4.69, 9.17) is 4.74 Å². The van der Waals surface area contributed by atoms with Gasteiger partial charge in [-0.05, 0) is 37.7 Å². The Morgan fingerprint density at radius 2 is 2.17 bits per heavy atom. The van der Waals surface area contributed by atoms with Gasteiger partial charge in [-0.2, -0.15) is 5.10 Å². The summed E-state index contributed by atoms with van der Waals surface area (Å²) < 4.78 is 5.13. The second-order valence-corrected chi connectivity index (χ2v) is 6.58. The summed E-state index contributed by atoms with van der Waals surface area (Å²) in [5.74, 6) is 4.25. The molecular formula is C16H22N6O. The number of rotatable bonds is 5. The van der Waals surface area contributed by atoms with Crippen LogP contribution in [-0.2, 0) is 11.3 Å². The Kier molecular flexibility index (Phi) is 3.72. The number of aryl methyl sites for hydroxylation is 1. The first-order chi connectivity index (χ1) is 11.2. The third-order valence-corrected chi connectivity index (χ3v) is 4.82. The van der Waals surface area contributed by atoms with E-state index in [9.17, 15) is 0 Å². The summed E-state index contributed by atoms with van der Waals surface area (Å²) in [7, 11) is 1.67. The van der Waals surface area contributed by atoms with Gasteiger partial charge in [0.25, 0.3) is 0 Å². The van der Waals surface area contributed by atoms with Crippen molar-refractivity contribution in [2.24, 2.45) is 11.8 Å². The molecule has 0 bridgehead atoms. The van der Waals surface area contributed by atoms with Gasteiger partial charge in [-0.1, -0.05) is 0 Å². The van der Waals surface area contributed by atoms with Gasteiger partial charge in [-0.3, -0.25) is 5.10 Å². The number of nitrogens with one attached hydrogen (secondary N) is 1. The quantitative estimate of drug-likeness (QED) is 0.904. The predicted octanol–water partition coefficient (Wildman–Crippen LogP) is 1.68. The number of hydrogen-bond acceptors (Lipinski definition) is 6. The fourth-order valence-corrected chi connectivity index (χ4v) is 3.53. The minimum atomic E-state index is 0.341. The van der Waals surface area contributed by atoms with Crippen LogP contribution < -0.4 is 4.90 Å². The summed E-state index contributed by atoms with van der Waals surface area (Å²) in [5.41, 5.74) is 1.00. The van der Waals surface area contributed by atoms with Crippen LogP contribution >= 0.6 is 0 Å². The molecular weight excluding hydrogens is 292 g/mol. The van der Waals surface area contributed by atoms with Gasteiger partial charge in [0, 0.05) is 38.0 Å². The summed E-state index contributed by atoms with van der Waals surface area (Å²) in [5, 5.41) is 7.43. The first-order valence-corrected chi connectivity index (χ1v) is 8.19.